The van der Waals surface area contributed by atoms with E-state index in [9.17, 15) is 18.0 Å². The van der Waals surface area contributed by atoms with E-state index in [1.807, 2.05) is 0 Å². The minimum atomic E-state index is -4.40. The van der Waals surface area contributed by atoms with Crippen LogP contribution in [0, 0.1) is 0 Å². The van der Waals surface area contributed by atoms with Gasteiger partial charge in [-0.2, -0.15) is 13.2 Å². The lowest BCUT2D eigenvalue weighted by Crippen LogP contribution is -2.16. The molecule has 0 saturated carbocycles. The van der Waals surface area contributed by atoms with Crippen molar-refractivity contribution in [1.29, 1.82) is 0 Å². The van der Waals surface area contributed by atoms with Crippen molar-refractivity contribution in [3.05, 3.63) is 23.3 Å². The van der Waals surface area contributed by atoms with Crippen LogP contribution in [0.2, 0.25) is 0 Å². The minimum Gasteiger partial charge on any atom is -0.366 e. The van der Waals surface area contributed by atoms with E-state index in [0.717, 1.165) is 12.2 Å². The number of carbonyl (C=O) groups excluding carboxylic acids is 1. The zero-order chi connectivity index (χ0) is 10.8. The molecule has 0 fully saturated rings. The molecule has 5 heteroatoms. The number of hydrogen-bond donors (Lipinski definition) is 1. The Bertz CT molecular complexity index is 302. The number of amides is 1. The van der Waals surface area contributed by atoms with Crippen molar-refractivity contribution < 1.29 is 18.0 Å². The second-order valence-electron chi connectivity index (χ2n) is 3.08. The van der Waals surface area contributed by atoms with Crippen molar-refractivity contribution in [1.82, 2.24) is 0 Å². The van der Waals surface area contributed by atoms with Crippen LogP contribution in [0.4, 0.5) is 13.2 Å². The van der Waals surface area contributed by atoms with Crippen LogP contribution in [0.25, 0.3) is 0 Å². The Morgan fingerprint density at radius 2 is 2.07 bits per heavy atom. The molecule has 0 radical (unpaired) electrons. The quantitative estimate of drug-likeness (QED) is 0.699. The molecule has 1 rings (SSSR count). The average Bonchev–Trinajstić information content (AvgIpc) is 2.26. The number of alkyl halides is 3. The van der Waals surface area contributed by atoms with Gasteiger partial charge in [-0.3, -0.25) is 4.79 Å². The van der Waals surface area contributed by atoms with Crippen LogP contribution in [-0.4, -0.2) is 12.1 Å². The van der Waals surface area contributed by atoms with Gasteiger partial charge in [-0.25, -0.2) is 0 Å². The van der Waals surface area contributed by atoms with Gasteiger partial charge in [0.1, 0.15) is 0 Å². The molecular weight excluding hydrogens is 195 g/mol. The molecule has 1 aliphatic rings. The van der Waals surface area contributed by atoms with E-state index < -0.39 is 17.7 Å². The molecule has 0 aromatic carbocycles. The van der Waals surface area contributed by atoms with Crippen molar-refractivity contribution in [2.75, 3.05) is 0 Å². The topological polar surface area (TPSA) is 43.1 Å². The standard InChI is InChI=1S/C9H10F3NO/c10-9(11,12)7-4-2-1-3-6(5-7)8(13)14/h4-5H,1-3H2,(H2,13,14). The van der Waals surface area contributed by atoms with Crippen molar-refractivity contribution >= 4 is 5.91 Å². The average molecular weight is 205 g/mol. The SMILES string of the molecule is NC(=O)C1=CC(C(F)(F)F)=CCCC1. The first-order valence-corrected chi connectivity index (χ1v) is 4.19. The molecule has 0 atom stereocenters. The van der Waals surface area contributed by atoms with E-state index >= 15 is 0 Å². The maximum atomic E-state index is 12.3. The summed E-state index contributed by atoms with van der Waals surface area (Å²) >= 11 is 0. The van der Waals surface area contributed by atoms with Gasteiger partial charge >= 0.3 is 6.18 Å². The largest absolute Gasteiger partial charge is 0.416 e. The molecule has 0 saturated heterocycles. The fourth-order valence-corrected chi connectivity index (χ4v) is 1.26. The lowest BCUT2D eigenvalue weighted by Gasteiger charge is -2.07. The highest BCUT2D eigenvalue weighted by Crippen LogP contribution is 2.30. The Morgan fingerprint density at radius 1 is 1.43 bits per heavy atom. The predicted octanol–water partition coefficient (Wildman–Crippen LogP) is 2.07. The Balaban J connectivity index is 2.98. The molecule has 0 aromatic rings. The maximum Gasteiger partial charge on any atom is 0.416 e. The smallest absolute Gasteiger partial charge is 0.366 e. The molecular formula is C9H10F3NO. The lowest BCUT2D eigenvalue weighted by atomic mass is 10.1. The number of primary amides is 1. The van der Waals surface area contributed by atoms with Crippen molar-refractivity contribution in [3.8, 4) is 0 Å². The third-order valence-corrected chi connectivity index (χ3v) is 1.99. The molecule has 78 valence electrons. The summed E-state index contributed by atoms with van der Waals surface area (Å²) < 4.78 is 36.9. The van der Waals surface area contributed by atoms with Gasteiger partial charge in [0, 0.05) is 5.57 Å². The Morgan fingerprint density at radius 3 is 2.57 bits per heavy atom. The number of nitrogens with two attached hydrogens (primary N) is 1. The lowest BCUT2D eigenvalue weighted by molar-refractivity contribution is -0.114. The van der Waals surface area contributed by atoms with Crippen LogP contribution < -0.4 is 5.73 Å². The van der Waals surface area contributed by atoms with Crippen LogP contribution in [0.1, 0.15) is 19.3 Å². The molecule has 2 N–H and O–H groups in total. The highest BCUT2D eigenvalue weighted by molar-refractivity contribution is 5.92. The van der Waals surface area contributed by atoms with Gasteiger partial charge < -0.3 is 5.73 Å². The van der Waals surface area contributed by atoms with E-state index in [-0.39, 0.29) is 5.57 Å². The molecule has 1 aliphatic carbocycles. The van der Waals surface area contributed by atoms with Gasteiger partial charge in [0.25, 0.3) is 0 Å². The van der Waals surface area contributed by atoms with Crippen LogP contribution in [0.5, 0.6) is 0 Å². The number of allylic oxidation sites excluding steroid dienone is 3. The van der Waals surface area contributed by atoms with Gasteiger partial charge in [0.2, 0.25) is 5.91 Å². The highest BCUT2D eigenvalue weighted by atomic mass is 19.4. The summed E-state index contributed by atoms with van der Waals surface area (Å²) in [6, 6.07) is 0. The van der Waals surface area contributed by atoms with Crippen LogP contribution in [0.3, 0.4) is 0 Å². The van der Waals surface area contributed by atoms with Crippen molar-refractivity contribution in [2.45, 2.75) is 25.4 Å². The monoisotopic (exact) mass is 205 g/mol. The van der Waals surface area contributed by atoms with E-state index in [1.165, 1.54) is 0 Å². The fraction of sp³-hybridized carbons (Fsp3) is 0.444. The molecule has 0 bridgehead atoms. The van der Waals surface area contributed by atoms with Gasteiger partial charge in [-0.05, 0) is 25.3 Å². The third kappa shape index (κ3) is 2.61. The molecule has 14 heavy (non-hydrogen) atoms. The summed E-state index contributed by atoms with van der Waals surface area (Å²) in [7, 11) is 0. The van der Waals surface area contributed by atoms with E-state index in [2.05, 4.69) is 0 Å². The van der Waals surface area contributed by atoms with Gasteiger partial charge in [0.05, 0.1) is 5.57 Å². The van der Waals surface area contributed by atoms with E-state index in [4.69, 9.17) is 5.73 Å². The van der Waals surface area contributed by atoms with Crippen LogP contribution in [-0.2, 0) is 4.79 Å². The molecule has 0 spiro atoms. The Kier molecular flexibility index (Phi) is 2.98. The minimum absolute atomic E-state index is 0.0473. The molecule has 0 aliphatic heterocycles. The highest BCUT2D eigenvalue weighted by Gasteiger charge is 2.33. The van der Waals surface area contributed by atoms with Crippen LogP contribution >= 0.6 is 0 Å². The Hall–Kier alpha value is -1.26. The van der Waals surface area contributed by atoms with Gasteiger partial charge in [0.15, 0.2) is 0 Å². The molecule has 1 amide bonds. The summed E-state index contributed by atoms with van der Waals surface area (Å²) in [5, 5.41) is 0. The summed E-state index contributed by atoms with van der Waals surface area (Å²) in [4.78, 5) is 10.7. The second kappa shape index (κ2) is 3.86. The van der Waals surface area contributed by atoms with E-state index in [1.54, 1.807) is 0 Å². The molecule has 2 nitrogen and oxygen atoms in total. The van der Waals surface area contributed by atoms with Crippen molar-refractivity contribution in [3.63, 3.8) is 0 Å². The first kappa shape index (κ1) is 10.8. The second-order valence-corrected chi connectivity index (χ2v) is 3.08. The predicted molar refractivity (Wildman–Crippen MR) is 45.3 cm³/mol. The summed E-state index contributed by atoms with van der Waals surface area (Å²) in [6.07, 6.45) is -1.31. The van der Waals surface area contributed by atoms with Gasteiger partial charge in [-0.15, -0.1) is 0 Å². The van der Waals surface area contributed by atoms with Crippen molar-refractivity contribution in [2.24, 2.45) is 5.73 Å². The number of halogens is 3. The summed E-state index contributed by atoms with van der Waals surface area (Å²) in [5.74, 6) is -0.776. The maximum absolute atomic E-state index is 12.3. The third-order valence-electron chi connectivity index (χ3n) is 1.99. The van der Waals surface area contributed by atoms with Gasteiger partial charge in [-0.1, -0.05) is 6.08 Å². The fourth-order valence-electron chi connectivity index (χ4n) is 1.26. The normalized spacial score (nSPS) is 18.2. The number of rotatable bonds is 1. The summed E-state index contributed by atoms with van der Waals surface area (Å²) in [6.45, 7) is 0. The molecule has 0 heterocycles. The zero-order valence-corrected chi connectivity index (χ0v) is 7.40. The molecule has 0 unspecified atom stereocenters. The number of hydrogen-bond acceptors (Lipinski definition) is 1. The molecule has 0 aromatic heterocycles. The first-order chi connectivity index (χ1) is 6.41. The number of carbonyl (C=O) groups is 1. The van der Waals surface area contributed by atoms with Crippen LogP contribution in [0.15, 0.2) is 23.3 Å². The van der Waals surface area contributed by atoms with E-state index in [0.29, 0.717) is 19.3 Å². The zero-order valence-electron chi connectivity index (χ0n) is 7.40. The Labute approximate surface area is 79.3 Å². The first-order valence-electron chi connectivity index (χ1n) is 4.19. The summed E-state index contributed by atoms with van der Waals surface area (Å²) in [5.41, 5.74) is 4.21.